The number of nitrogens with zero attached hydrogens (tertiary/aromatic N) is 1. The molecule has 74 valence electrons. The summed E-state index contributed by atoms with van der Waals surface area (Å²) in [5.74, 6) is 0.630. The van der Waals surface area contributed by atoms with E-state index in [1.807, 2.05) is 18.2 Å². The molecule has 0 bridgehead atoms. The summed E-state index contributed by atoms with van der Waals surface area (Å²) in [5.41, 5.74) is 2.90. The molecule has 2 rings (SSSR count). The summed E-state index contributed by atoms with van der Waals surface area (Å²) in [6.07, 6.45) is 1.46. The maximum absolute atomic E-state index is 5.55. The van der Waals surface area contributed by atoms with Crippen LogP contribution in [0.2, 0.25) is 0 Å². The van der Waals surface area contributed by atoms with Gasteiger partial charge < -0.3 is 9.73 Å². The fourth-order valence-corrected chi connectivity index (χ4v) is 1.44. The monoisotopic (exact) mass is 210 g/mol. The van der Waals surface area contributed by atoms with Crippen molar-refractivity contribution in [2.75, 3.05) is 12.4 Å². The van der Waals surface area contributed by atoms with Gasteiger partial charge in [-0.2, -0.15) is 0 Å². The zero-order valence-electron chi connectivity index (χ0n) is 7.66. The van der Waals surface area contributed by atoms with Gasteiger partial charge in [-0.3, -0.25) is 0 Å². The average molecular weight is 211 g/mol. The minimum atomic E-state index is 0.630. The molecule has 1 heterocycles. The van der Waals surface area contributed by atoms with Crippen LogP contribution in [0, 0.1) is 0 Å². The molecule has 4 heteroatoms. The molecule has 0 aliphatic carbocycles. The first-order valence-electron chi connectivity index (χ1n) is 4.49. The molecular formula is C10H11ClN2O. The number of nitrogens with one attached hydrogen (secondary N) is 1. The van der Waals surface area contributed by atoms with Crippen molar-refractivity contribution in [2.45, 2.75) is 6.54 Å². The summed E-state index contributed by atoms with van der Waals surface area (Å²) < 4.78 is 5.20. The second kappa shape index (κ2) is 4.44. The lowest BCUT2D eigenvalue weighted by Crippen LogP contribution is -2.15. The van der Waals surface area contributed by atoms with Crippen LogP contribution in [-0.4, -0.2) is 17.4 Å². The molecule has 0 fully saturated rings. The zero-order valence-corrected chi connectivity index (χ0v) is 8.42. The van der Waals surface area contributed by atoms with Gasteiger partial charge in [-0.05, 0) is 17.7 Å². The Kier molecular flexibility index (Phi) is 3.01. The van der Waals surface area contributed by atoms with Crippen LogP contribution < -0.4 is 5.32 Å². The number of aromatic nitrogens is 1. The standard InChI is InChI=1S/C10H11ClN2O/c11-3-4-12-6-8-1-2-9-10(5-8)14-7-13-9/h1-2,5,7,12H,3-4,6H2. The highest BCUT2D eigenvalue weighted by molar-refractivity contribution is 6.18. The lowest BCUT2D eigenvalue weighted by Gasteiger charge is -2.01. The van der Waals surface area contributed by atoms with Crippen molar-refractivity contribution in [1.82, 2.24) is 10.3 Å². The number of hydrogen-bond donors (Lipinski definition) is 1. The third-order valence-electron chi connectivity index (χ3n) is 2.00. The third-order valence-corrected chi connectivity index (χ3v) is 2.19. The average Bonchev–Trinajstić information content (AvgIpc) is 2.65. The Morgan fingerprint density at radius 1 is 1.43 bits per heavy atom. The van der Waals surface area contributed by atoms with Gasteiger partial charge in [-0.25, -0.2) is 4.98 Å². The van der Waals surface area contributed by atoms with Crippen LogP contribution in [0.25, 0.3) is 11.1 Å². The summed E-state index contributed by atoms with van der Waals surface area (Å²) in [6.45, 7) is 1.62. The largest absolute Gasteiger partial charge is 0.443 e. The zero-order chi connectivity index (χ0) is 9.80. The van der Waals surface area contributed by atoms with Gasteiger partial charge in [0.15, 0.2) is 12.0 Å². The van der Waals surface area contributed by atoms with Crippen LogP contribution in [0.3, 0.4) is 0 Å². The highest BCUT2D eigenvalue weighted by atomic mass is 35.5. The molecule has 0 aliphatic heterocycles. The minimum Gasteiger partial charge on any atom is -0.443 e. The summed E-state index contributed by atoms with van der Waals surface area (Å²) >= 11 is 5.55. The van der Waals surface area contributed by atoms with E-state index in [4.69, 9.17) is 16.0 Å². The fraction of sp³-hybridized carbons (Fsp3) is 0.300. The number of oxazole rings is 1. The topological polar surface area (TPSA) is 38.1 Å². The quantitative estimate of drug-likeness (QED) is 0.621. The van der Waals surface area contributed by atoms with E-state index in [0.29, 0.717) is 5.88 Å². The molecule has 0 radical (unpaired) electrons. The number of halogens is 1. The van der Waals surface area contributed by atoms with E-state index in [1.165, 1.54) is 12.0 Å². The highest BCUT2D eigenvalue weighted by Gasteiger charge is 1.99. The first-order valence-corrected chi connectivity index (χ1v) is 5.02. The molecule has 3 nitrogen and oxygen atoms in total. The van der Waals surface area contributed by atoms with Crippen LogP contribution in [0.4, 0.5) is 0 Å². The predicted octanol–water partition coefficient (Wildman–Crippen LogP) is 2.16. The van der Waals surface area contributed by atoms with Crippen molar-refractivity contribution < 1.29 is 4.42 Å². The molecule has 0 amide bonds. The maximum atomic E-state index is 5.55. The Morgan fingerprint density at radius 3 is 3.21 bits per heavy atom. The van der Waals surface area contributed by atoms with Crippen LogP contribution in [0.15, 0.2) is 29.0 Å². The number of alkyl halides is 1. The molecular weight excluding hydrogens is 200 g/mol. The third kappa shape index (κ3) is 2.05. The number of rotatable bonds is 4. The Balaban J connectivity index is 2.10. The second-order valence-electron chi connectivity index (χ2n) is 3.02. The maximum Gasteiger partial charge on any atom is 0.181 e. The molecule has 2 aromatic rings. The lowest BCUT2D eigenvalue weighted by molar-refractivity contribution is 0.601. The summed E-state index contributed by atoms with van der Waals surface area (Å²) in [4.78, 5) is 4.05. The van der Waals surface area contributed by atoms with Crippen molar-refractivity contribution in [3.8, 4) is 0 Å². The molecule has 1 N–H and O–H groups in total. The molecule has 1 aromatic carbocycles. The summed E-state index contributed by atoms with van der Waals surface area (Å²) in [7, 11) is 0. The fourth-order valence-electron chi connectivity index (χ4n) is 1.31. The van der Waals surface area contributed by atoms with Gasteiger partial charge in [0.05, 0.1) is 0 Å². The minimum absolute atomic E-state index is 0.630. The van der Waals surface area contributed by atoms with E-state index in [1.54, 1.807) is 0 Å². The molecule has 0 aliphatic rings. The second-order valence-corrected chi connectivity index (χ2v) is 3.40. The number of benzene rings is 1. The van der Waals surface area contributed by atoms with E-state index >= 15 is 0 Å². The SMILES string of the molecule is ClCCNCc1ccc2ncoc2c1. The van der Waals surface area contributed by atoms with E-state index in [-0.39, 0.29) is 0 Å². The van der Waals surface area contributed by atoms with Crippen LogP contribution in [0.1, 0.15) is 5.56 Å². The lowest BCUT2D eigenvalue weighted by atomic mass is 10.2. The first kappa shape index (κ1) is 9.49. The van der Waals surface area contributed by atoms with Crippen molar-refractivity contribution in [3.05, 3.63) is 30.2 Å². The van der Waals surface area contributed by atoms with Gasteiger partial charge in [-0.1, -0.05) is 6.07 Å². The normalized spacial score (nSPS) is 10.9. The van der Waals surface area contributed by atoms with Crippen molar-refractivity contribution in [1.29, 1.82) is 0 Å². The summed E-state index contributed by atoms with van der Waals surface area (Å²) in [5, 5.41) is 3.21. The van der Waals surface area contributed by atoms with Gasteiger partial charge >= 0.3 is 0 Å². The Labute approximate surface area is 87.1 Å². The van der Waals surface area contributed by atoms with Crippen LogP contribution >= 0.6 is 11.6 Å². The van der Waals surface area contributed by atoms with Gasteiger partial charge in [-0.15, -0.1) is 11.6 Å². The molecule has 0 saturated heterocycles. The smallest absolute Gasteiger partial charge is 0.181 e. The van der Waals surface area contributed by atoms with E-state index in [9.17, 15) is 0 Å². The number of fused-ring (bicyclic) bond motifs is 1. The molecule has 0 saturated carbocycles. The molecule has 14 heavy (non-hydrogen) atoms. The van der Waals surface area contributed by atoms with Gasteiger partial charge in [0.1, 0.15) is 5.52 Å². The Morgan fingerprint density at radius 2 is 2.36 bits per heavy atom. The molecule has 0 unspecified atom stereocenters. The number of hydrogen-bond acceptors (Lipinski definition) is 3. The van der Waals surface area contributed by atoms with E-state index < -0.39 is 0 Å². The van der Waals surface area contributed by atoms with Gasteiger partial charge in [0.25, 0.3) is 0 Å². The predicted molar refractivity (Wildman–Crippen MR) is 56.4 cm³/mol. The van der Waals surface area contributed by atoms with Crippen LogP contribution in [0.5, 0.6) is 0 Å². The van der Waals surface area contributed by atoms with Crippen molar-refractivity contribution in [2.24, 2.45) is 0 Å². The van der Waals surface area contributed by atoms with E-state index in [0.717, 1.165) is 24.2 Å². The Bertz CT molecular complexity index is 413. The molecule has 1 aromatic heterocycles. The van der Waals surface area contributed by atoms with Crippen LogP contribution in [-0.2, 0) is 6.54 Å². The Hall–Kier alpha value is -1.06. The molecule has 0 atom stereocenters. The summed E-state index contributed by atoms with van der Waals surface area (Å²) in [6, 6.07) is 5.98. The van der Waals surface area contributed by atoms with Gasteiger partial charge in [0, 0.05) is 19.0 Å². The first-order chi connectivity index (χ1) is 6.90. The van der Waals surface area contributed by atoms with E-state index in [2.05, 4.69) is 10.3 Å². The molecule has 0 spiro atoms. The highest BCUT2D eigenvalue weighted by Crippen LogP contribution is 2.13. The van der Waals surface area contributed by atoms with Crippen molar-refractivity contribution >= 4 is 22.7 Å². The van der Waals surface area contributed by atoms with Crippen molar-refractivity contribution in [3.63, 3.8) is 0 Å². The van der Waals surface area contributed by atoms with Gasteiger partial charge in [0.2, 0.25) is 0 Å².